The van der Waals surface area contributed by atoms with Crippen LogP contribution < -0.4 is 5.32 Å². The highest BCUT2D eigenvalue weighted by Gasteiger charge is 2.39. The molecule has 6 heteroatoms. The maximum Gasteiger partial charge on any atom is 0.227 e. The molecule has 194 valence electrons. The number of carbonyl (C=O) groups excluding carboxylic acids is 1. The van der Waals surface area contributed by atoms with Crippen LogP contribution in [0.5, 0.6) is 0 Å². The van der Waals surface area contributed by atoms with Gasteiger partial charge in [-0.3, -0.25) is 4.79 Å². The molecule has 1 unspecified atom stereocenters. The second-order valence-electron chi connectivity index (χ2n) is 10.8. The molecule has 1 saturated heterocycles. The van der Waals surface area contributed by atoms with Gasteiger partial charge in [-0.1, -0.05) is 54.9 Å². The maximum atomic E-state index is 13.7. The Morgan fingerprint density at radius 2 is 1.73 bits per heavy atom. The first-order chi connectivity index (χ1) is 17.8. The summed E-state index contributed by atoms with van der Waals surface area (Å²) in [6.07, 6.45) is 5.34. The Bertz CT molecular complexity index is 1250. The number of likely N-dealkylation sites (tertiary alicyclic amines) is 1. The lowest BCUT2D eigenvalue weighted by Crippen LogP contribution is -2.45. The third-order valence-corrected chi connectivity index (χ3v) is 8.25. The number of benzene rings is 3. The van der Waals surface area contributed by atoms with E-state index in [9.17, 15) is 13.6 Å². The Balaban J connectivity index is 1.35. The number of nitrogens with zero attached hydrogens (tertiary/aromatic N) is 1. The van der Waals surface area contributed by atoms with Gasteiger partial charge in [0, 0.05) is 29.2 Å². The topological polar surface area (TPSA) is 32.3 Å². The van der Waals surface area contributed by atoms with E-state index in [1.165, 1.54) is 31.0 Å². The first-order valence-electron chi connectivity index (χ1n) is 13.2. The zero-order valence-corrected chi connectivity index (χ0v) is 21.9. The molecule has 1 N–H and O–H groups in total. The fraction of sp³-hybridized carbons (Fsp3) is 0.387. The second kappa shape index (κ2) is 10.9. The number of halogens is 3. The number of anilines is 1. The molecule has 1 aliphatic carbocycles. The highest BCUT2D eigenvalue weighted by atomic mass is 35.5. The largest absolute Gasteiger partial charge is 0.326 e. The summed E-state index contributed by atoms with van der Waals surface area (Å²) in [5.74, 6) is -1.52. The summed E-state index contributed by atoms with van der Waals surface area (Å²) in [6, 6.07) is 20.0. The molecule has 3 aromatic rings. The predicted molar refractivity (Wildman–Crippen MR) is 146 cm³/mol. The molecule has 5 rings (SSSR count). The third-order valence-electron chi connectivity index (χ3n) is 8.01. The third kappa shape index (κ3) is 6.22. The summed E-state index contributed by atoms with van der Waals surface area (Å²) in [5, 5.41) is 3.49. The molecule has 1 saturated carbocycles. The van der Waals surface area contributed by atoms with Gasteiger partial charge in [-0.15, -0.1) is 0 Å². The van der Waals surface area contributed by atoms with Crippen molar-refractivity contribution in [2.45, 2.75) is 44.4 Å². The van der Waals surface area contributed by atoms with Crippen molar-refractivity contribution >= 4 is 23.2 Å². The van der Waals surface area contributed by atoms with Crippen LogP contribution in [0.15, 0.2) is 66.7 Å². The van der Waals surface area contributed by atoms with Crippen molar-refractivity contribution in [3.63, 3.8) is 0 Å². The van der Waals surface area contributed by atoms with Gasteiger partial charge in [0.1, 0.15) is 0 Å². The lowest BCUT2D eigenvalue weighted by molar-refractivity contribution is -0.120. The first-order valence-corrected chi connectivity index (χ1v) is 13.5. The van der Waals surface area contributed by atoms with E-state index in [1.807, 2.05) is 25.1 Å². The van der Waals surface area contributed by atoms with Gasteiger partial charge >= 0.3 is 0 Å². The van der Waals surface area contributed by atoms with Gasteiger partial charge in [-0.2, -0.15) is 0 Å². The van der Waals surface area contributed by atoms with Crippen molar-refractivity contribution in [3.8, 4) is 11.1 Å². The Morgan fingerprint density at radius 3 is 2.38 bits per heavy atom. The minimum absolute atomic E-state index is 0.127. The molecule has 1 amide bonds. The predicted octanol–water partition coefficient (Wildman–Crippen LogP) is 7.69. The molecule has 0 bridgehead atoms. The lowest BCUT2D eigenvalue weighted by Gasteiger charge is -2.44. The number of hydrogen-bond acceptors (Lipinski definition) is 2. The molecular formula is C31H33ClF2N2O. The van der Waals surface area contributed by atoms with E-state index >= 15 is 0 Å². The standard InChI is InChI=1S/C31H33ClF2N2O/c1-21(30(37)35-27-11-12-28(33)29(34)18-27)19-31(13-15-36(16-14-31)20-22-5-6-22)25-9-7-23(8-10-25)24-3-2-4-26(32)17-24/h2-4,7-12,17-18,21-22H,5-6,13-16,19-20H2,1H3,(H,35,37). The Kier molecular flexibility index (Phi) is 7.64. The average molecular weight is 523 g/mol. The van der Waals surface area contributed by atoms with Crippen LogP contribution in [0.4, 0.5) is 14.5 Å². The van der Waals surface area contributed by atoms with E-state index in [2.05, 4.69) is 40.5 Å². The van der Waals surface area contributed by atoms with E-state index in [0.717, 1.165) is 55.1 Å². The molecule has 3 nitrogen and oxygen atoms in total. The molecule has 0 spiro atoms. The van der Waals surface area contributed by atoms with Gasteiger partial charge in [0.2, 0.25) is 5.91 Å². The number of rotatable bonds is 8. The zero-order chi connectivity index (χ0) is 26.0. The summed E-state index contributed by atoms with van der Waals surface area (Å²) >= 11 is 6.20. The van der Waals surface area contributed by atoms with Crippen LogP contribution in [-0.2, 0) is 10.2 Å². The van der Waals surface area contributed by atoms with Gasteiger partial charge in [0.05, 0.1) is 0 Å². The maximum absolute atomic E-state index is 13.7. The minimum Gasteiger partial charge on any atom is -0.326 e. The molecule has 3 aromatic carbocycles. The Labute approximate surface area is 222 Å². The Morgan fingerprint density at radius 1 is 1.00 bits per heavy atom. The summed E-state index contributed by atoms with van der Waals surface area (Å²) < 4.78 is 27.0. The van der Waals surface area contributed by atoms with Crippen molar-refractivity contribution in [3.05, 3.63) is 89.0 Å². The van der Waals surface area contributed by atoms with Crippen LogP contribution in [0.1, 0.15) is 44.6 Å². The normalized spacial score (nSPS) is 18.4. The molecule has 2 aliphatic rings. The van der Waals surface area contributed by atoms with E-state index in [0.29, 0.717) is 11.4 Å². The molecule has 1 heterocycles. The molecule has 0 aromatic heterocycles. The van der Waals surface area contributed by atoms with Gasteiger partial charge < -0.3 is 10.2 Å². The summed E-state index contributed by atoms with van der Waals surface area (Å²) in [5.41, 5.74) is 3.58. The molecule has 37 heavy (non-hydrogen) atoms. The van der Waals surface area contributed by atoms with Crippen molar-refractivity contribution in [2.75, 3.05) is 25.0 Å². The van der Waals surface area contributed by atoms with Crippen molar-refractivity contribution in [1.82, 2.24) is 4.90 Å². The van der Waals surface area contributed by atoms with Crippen molar-refractivity contribution in [1.29, 1.82) is 0 Å². The molecule has 1 aliphatic heterocycles. The number of piperidine rings is 1. The van der Waals surface area contributed by atoms with Gasteiger partial charge in [0.15, 0.2) is 11.6 Å². The summed E-state index contributed by atoms with van der Waals surface area (Å²) in [7, 11) is 0. The van der Waals surface area contributed by atoms with Crippen LogP contribution >= 0.6 is 11.6 Å². The van der Waals surface area contributed by atoms with Crippen LogP contribution in [0.3, 0.4) is 0 Å². The molecule has 0 radical (unpaired) electrons. The molecular weight excluding hydrogens is 490 g/mol. The Hall–Kier alpha value is -2.76. The first kappa shape index (κ1) is 25.9. The average Bonchev–Trinajstić information content (AvgIpc) is 3.72. The molecule has 1 atom stereocenters. The fourth-order valence-electron chi connectivity index (χ4n) is 5.64. The highest BCUT2D eigenvalue weighted by molar-refractivity contribution is 6.30. The van der Waals surface area contributed by atoms with E-state index in [1.54, 1.807) is 0 Å². The van der Waals surface area contributed by atoms with Crippen LogP contribution in [0, 0.1) is 23.5 Å². The number of hydrogen-bond donors (Lipinski definition) is 1. The number of carbonyl (C=O) groups is 1. The van der Waals surface area contributed by atoms with E-state index in [4.69, 9.17) is 11.6 Å². The van der Waals surface area contributed by atoms with Gasteiger partial charge in [-0.05, 0) is 97.5 Å². The van der Waals surface area contributed by atoms with Crippen LogP contribution in [0.25, 0.3) is 11.1 Å². The van der Waals surface area contributed by atoms with Gasteiger partial charge in [-0.25, -0.2) is 8.78 Å². The lowest BCUT2D eigenvalue weighted by atomic mass is 9.67. The quantitative estimate of drug-likeness (QED) is 0.329. The summed E-state index contributed by atoms with van der Waals surface area (Å²) in [6.45, 7) is 5.14. The van der Waals surface area contributed by atoms with E-state index in [-0.39, 0.29) is 22.9 Å². The number of nitrogens with one attached hydrogen (secondary N) is 1. The van der Waals surface area contributed by atoms with E-state index < -0.39 is 11.6 Å². The zero-order valence-electron chi connectivity index (χ0n) is 21.2. The minimum atomic E-state index is -0.968. The van der Waals surface area contributed by atoms with Crippen LogP contribution in [-0.4, -0.2) is 30.4 Å². The van der Waals surface area contributed by atoms with Crippen molar-refractivity contribution in [2.24, 2.45) is 11.8 Å². The van der Waals surface area contributed by atoms with Crippen molar-refractivity contribution < 1.29 is 13.6 Å². The smallest absolute Gasteiger partial charge is 0.227 e. The summed E-state index contributed by atoms with van der Waals surface area (Å²) in [4.78, 5) is 15.7. The highest BCUT2D eigenvalue weighted by Crippen LogP contribution is 2.43. The SMILES string of the molecule is CC(CC1(c2ccc(-c3cccc(Cl)c3)cc2)CCN(CC2CC2)CC1)C(=O)Nc1ccc(F)c(F)c1. The fourth-order valence-corrected chi connectivity index (χ4v) is 5.83. The monoisotopic (exact) mass is 522 g/mol. The second-order valence-corrected chi connectivity index (χ2v) is 11.3. The molecule has 2 fully saturated rings. The van der Waals surface area contributed by atoms with Gasteiger partial charge in [0.25, 0.3) is 0 Å². The number of amides is 1. The van der Waals surface area contributed by atoms with Crippen LogP contribution in [0.2, 0.25) is 5.02 Å².